The molecule has 4 atom stereocenters. The summed E-state index contributed by atoms with van der Waals surface area (Å²) in [5, 5.41) is 16.6. The van der Waals surface area contributed by atoms with Crippen LogP contribution in [0.1, 0.15) is 37.3 Å². The van der Waals surface area contributed by atoms with Gasteiger partial charge in [0.15, 0.2) is 24.3 Å². The minimum absolute atomic E-state index is 0.123. The van der Waals surface area contributed by atoms with E-state index in [9.17, 15) is 24.3 Å². The number of nitrogens with one attached hydrogen (secondary N) is 1. The maximum Gasteiger partial charge on any atom is 0.368 e. The number of amides is 1. The third-order valence-electron chi connectivity index (χ3n) is 6.21. The van der Waals surface area contributed by atoms with Gasteiger partial charge in [0.2, 0.25) is 0 Å². The van der Waals surface area contributed by atoms with Crippen LogP contribution >= 0.6 is 0 Å². The minimum Gasteiger partial charge on any atom is -0.452 e. The Morgan fingerprint density at radius 1 is 0.805 bits per heavy atom. The van der Waals surface area contributed by atoms with E-state index < -0.39 is 54.7 Å². The highest BCUT2D eigenvalue weighted by atomic mass is 16.6. The number of carbonyl (C=O) groups is 3. The van der Waals surface area contributed by atoms with Crippen molar-refractivity contribution in [2.45, 2.75) is 24.5 Å². The fourth-order valence-corrected chi connectivity index (χ4v) is 4.21. The molecule has 3 aromatic carbocycles. The fraction of sp³-hybridized carbons (Fsp3) is 0.172. The van der Waals surface area contributed by atoms with Crippen molar-refractivity contribution in [3.05, 3.63) is 124 Å². The largest absolute Gasteiger partial charge is 0.452 e. The highest BCUT2D eigenvalue weighted by Gasteiger charge is 2.51. The smallest absolute Gasteiger partial charge is 0.368 e. The number of nitrogens with zero attached hydrogens (tertiary/aromatic N) is 3. The molecular formula is C29H24N4O8. The molecule has 2 heterocycles. The molecule has 0 bridgehead atoms. The van der Waals surface area contributed by atoms with Crippen molar-refractivity contribution in [1.82, 2.24) is 14.8 Å². The van der Waals surface area contributed by atoms with Gasteiger partial charge < -0.3 is 24.6 Å². The van der Waals surface area contributed by atoms with Crippen molar-refractivity contribution in [2.24, 2.45) is 0 Å². The molecule has 12 heteroatoms. The van der Waals surface area contributed by atoms with Crippen molar-refractivity contribution in [3.8, 4) is 0 Å². The van der Waals surface area contributed by atoms with Gasteiger partial charge in [0.25, 0.3) is 5.91 Å². The first-order valence-electron chi connectivity index (χ1n) is 12.5. The molecule has 0 radical (unpaired) electrons. The first-order chi connectivity index (χ1) is 19.9. The predicted molar refractivity (Wildman–Crippen MR) is 143 cm³/mol. The topological polar surface area (TPSA) is 159 Å². The molecule has 0 spiro atoms. The summed E-state index contributed by atoms with van der Waals surface area (Å²) < 4.78 is 18.0. The first kappa shape index (κ1) is 27.4. The molecule has 5 rings (SSSR count). The molecule has 0 saturated carbocycles. The average molecular weight is 557 g/mol. The lowest BCUT2D eigenvalue weighted by molar-refractivity contribution is -0.0669. The van der Waals surface area contributed by atoms with E-state index in [1.807, 2.05) is 0 Å². The van der Waals surface area contributed by atoms with Crippen LogP contribution in [0.15, 0.2) is 102 Å². The monoisotopic (exact) mass is 556 g/mol. The molecule has 4 aromatic rings. The number of esters is 2. The zero-order chi connectivity index (χ0) is 28.8. The van der Waals surface area contributed by atoms with Gasteiger partial charge in [-0.2, -0.15) is 14.8 Å². The van der Waals surface area contributed by atoms with Crippen LogP contribution in [0, 0.1) is 0 Å². The van der Waals surface area contributed by atoms with E-state index in [4.69, 9.17) is 14.2 Å². The molecule has 2 N–H and O–H groups in total. The number of rotatable bonds is 8. The zero-order valence-electron chi connectivity index (χ0n) is 21.4. The summed E-state index contributed by atoms with van der Waals surface area (Å²) in [6.45, 7) is -0.629. The lowest BCUT2D eigenvalue weighted by Gasteiger charge is -2.24. The molecule has 1 fully saturated rings. The number of hydrogen-bond donors (Lipinski definition) is 2. The molecule has 1 amide bonds. The average Bonchev–Trinajstić information content (AvgIpc) is 3.34. The lowest BCUT2D eigenvalue weighted by Crippen LogP contribution is -2.42. The van der Waals surface area contributed by atoms with Crippen molar-refractivity contribution >= 4 is 23.7 Å². The fourth-order valence-electron chi connectivity index (χ4n) is 4.21. The van der Waals surface area contributed by atoms with Crippen molar-refractivity contribution in [2.75, 3.05) is 11.9 Å². The summed E-state index contributed by atoms with van der Waals surface area (Å²) >= 11 is 0. The molecule has 0 unspecified atom stereocenters. The van der Waals surface area contributed by atoms with Crippen molar-refractivity contribution < 1.29 is 33.7 Å². The molecule has 1 aromatic heterocycles. The van der Waals surface area contributed by atoms with Gasteiger partial charge in [-0.15, -0.1) is 0 Å². The van der Waals surface area contributed by atoms with Gasteiger partial charge in [-0.3, -0.25) is 4.79 Å². The van der Waals surface area contributed by atoms with E-state index in [0.717, 1.165) is 10.9 Å². The second-order valence-electron chi connectivity index (χ2n) is 8.91. The summed E-state index contributed by atoms with van der Waals surface area (Å²) in [7, 11) is 0. The molecular weight excluding hydrogens is 532 g/mol. The second-order valence-corrected chi connectivity index (χ2v) is 8.91. The van der Waals surface area contributed by atoms with Gasteiger partial charge in [-0.1, -0.05) is 54.6 Å². The Morgan fingerprint density at radius 2 is 1.32 bits per heavy atom. The summed E-state index contributed by atoms with van der Waals surface area (Å²) in [6.07, 6.45) is -4.18. The van der Waals surface area contributed by atoms with Gasteiger partial charge >= 0.3 is 17.6 Å². The number of ether oxygens (including phenoxy) is 3. The van der Waals surface area contributed by atoms with Crippen LogP contribution in [-0.4, -0.2) is 62.6 Å². The number of carbonyl (C=O) groups excluding carboxylic acids is 3. The molecule has 41 heavy (non-hydrogen) atoms. The molecule has 1 aliphatic heterocycles. The second kappa shape index (κ2) is 12.3. The quantitative estimate of drug-likeness (QED) is 0.308. The van der Waals surface area contributed by atoms with E-state index in [-0.39, 0.29) is 16.9 Å². The normalized spacial score (nSPS) is 19.7. The standard InChI is InChI=1S/C29H24N4O8/c34-17-21-23(40-27(36)19-12-6-2-7-13-19)24(41-28(37)20-14-8-3-9-15-20)26(39-21)33-29(38)32-22(16-30-33)31-25(35)18-10-4-1-5-11-18/h1-16,21,23-24,26,34H,17H2,(H,31,32,35,38)/t21-,23-,24-,26-/m1/s1. The summed E-state index contributed by atoms with van der Waals surface area (Å²) in [4.78, 5) is 55.3. The van der Waals surface area contributed by atoms with Gasteiger partial charge in [-0.05, 0) is 36.4 Å². The lowest BCUT2D eigenvalue weighted by atomic mass is 10.1. The number of hydrogen-bond acceptors (Lipinski definition) is 10. The van der Waals surface area contributed by atoms with Crippen LogP contribution < -0.4 is 11.0 Å². The number of aliphatic hydroxyl groups excluding tert-OH is 1. The maximum atomic E-state index is 13.0. The molecule has 208 valence electrons. The van der Waals surface area contributed by atoms with Crippen LogP contribution in [0.5, 0.6) is 0 Å². The van der Waals surface area contributed by atoms with E-state index in [1.54, 1.807) is 66.7 Å². The Balaban J connectivity index is 1.44. The molecule has 1 saturated heterocycles. The Bertz CT molecular complexity index is 1580. The molecule has 0 aliphatic carbocycles. The van der Waals surface area contributed by atoms with E-state index in [2.05, 4.69) is 15.4 Å². The number of benzene rings is 3. The van der Waals surface area contributed by atoms with Crippen LogP contribution in [0.25, 0.3) is 0 Å². The Morgan fingerprint density at radius 3 is 1.83 bits per heavy atom. The molecule has 12 nitrogen and oxygen atoms in total. The van der Waals surface area contributed by atoms with Gasteiger partial charge in [0.1, 0.15) is 6.10 Å². The Kier molecular flexibility index (Phi) is 8.23. The van der Waals surface area contributed by atoms with E-state index in [0.29, 0.717) is 5.56 Å². The van der Waals surface area contributed by atoms with Gasteiger partial charge in [0.05, 0.1) is 23.9 Å². The van der Waals surface area contributed by atoms with Gasteiger partial charge in [0, 0.05) is 5.56 Å². The van der Waals surface area contributed by atoms with E-state index >= 15 is 0 Å². The van der Waals surface area contributed by atoms with Crippen molar-refractivity contribution in [1.29, 1.82) is 0 Å². The zero-order valence-corrected chi connectivity index (χ0v) is 21.4. The van der Waals surface area contributed by atoms with Crippen LogP contribution in [0.3, 0.4) is 0 Å². The Labute approximate surface area is 233 Å². The van der Waals surface area contributed by atoms with Crippen LogP contribution in [0.2, 0.25) is 0 Å². The van der Waals surface area contributed by atoms with Crippen molar-refractivity contribution in [3.63, 3.8) is 0 Å². The highest BCUT2D eigenvalue weighted by Crippen LogP contribution is 2.34. The van der Waals surface area contributed by atoms with E-state index in [1.165, 1.54) is 24.3 Å². The number of anilines is 1. The minimum atomic E-state index is -1.42. The predicted octanol–water partition coefficient (Wildman–Crippen LogP) is 2.23. The summed E-state index contributed by atoms with van der Waals surface area (Å²) in [6, 6.07) is 24.4. The van der Waals surface area contributed by atoms with Crippen LogP contribution in [0.4, 0.5) is 5.82 Å². The summed E-state index contributed by atoms with van der Waals surface area (Å²) in [5.41, 5.74) is -0.187. The molecule has 1 aliphatic rings. The number of aliphatic hydroxyl groups is 1. The number of aromatic nitrogens is 3. The van der Waals surface area contributed by atoms with Crippen LogP contribution in [-0.2, 0) is 14.2 Å². The Hall–Kier alpha value is -5.20. The SMILES string of the molecule is O=C(Nc1cnn([C@@H]2O[C@H](CO)[C@@H](OC(=O)c3ccccc3)[C@H]2OC(=O)c2ccccc2)c(=O)n1)c1ccccc1. The summed E-state index contributed by atoms with van der Waals surface area (Å²) in [5.74, 6) is -2.16. The maximum absolute atomic E-state index is 13.0. The third-order valence-corrected chi connectivity index (χ3v) is 6.21. The highest BCUT2D eigenvalue weighted by molar-refractivity contribution is 6.03. The third kappa shape index (κ3) is 6.19. The first-order valence-corrected chi connectivity index (χ1v) is 12.5. The van der Waals surface area contributed by atoms with Gasteiger partial charge in [-0.25, -0.2) is 14.4 Å².